The lowest BCUT2D eigenvalue weighted by atomic mass is 10.1. The van der Waals surface area contributed by atoms with Crippen molar-refractivity contribution in [1.29, 1.82) is 0 Å². The van der Waals surface area contributed by atoms with Gasteiger partial charge in [0.15, 0.2) is 0 Å². The number of nitrogens with two attached hydrogens (primary N) is 1. The summed E-state index contributed by atoms with van der Waals surface area (Å²) in [5.74, 6) is 0. The van der Waals surface area contributed by atoms with Crippen molar-refractivity contribution < 1.29 is 9.47 Å². The number of ether oxygens (including phenoxy) is 2. The molecule has 1 atom stereocenters. The quantitative estimate of drug-likeness (QED) is 0.549. The van der Waals surface area contributed by atoms with E-state index in [1.165, 1.54) is 0 Å². The Morgan fingerprint density at radius 1 is 1.21 bits per heavy atom. The minimum atomic E-state index is 0.243. The van der Waals surface area contributed by atoms with Crippen LogP contribution < -0.4 is 5.73 Å². The smallest absolute Gasteiger partial charge is 0.0589 e. The first-order valence-electron chi connectivity index (χ1n) is 5.12. The van der Waals surface area contributed by atoms with E-state index in [0.29, 0.717) is 0 Å². The molecule has 2 N–H and O–H groups in total. The third-order valence-electron chi connectivity index (χ3n) is 2.15. The van der Waals surface area contributed by atoms with Gasteiger partial charge in [-0.3, -0.25) is 0 Å². The van der Waals surface area contributed by atoms with E-state index in [9.17, 15) is 0 Å². The van der Waals surface area contributed by atoms with E-state index in [0.717, 1.165) is 39.1 Å². The van der Waals surface area contributed by atoms with Crippen LogP contribution >= 0.6 is 0 Å². The van der Waals surface area contributed by atoms with Crippen LogP contribution in [0.25, 0.3) is 0 Å². The summed E-state index contributed by atoms with van der Waals surface area (Å²) in [4.78, 5) is 2.20. The van der Waals surface area contributed by atoms with Gasteiger partial charge in [0.2, 0.25) is 0 Å². The maximum Gasteiger partial charge on any atom is 0.0589 e. The molecule has 0 aliphatic rings. The van der Waals surface area contributed by atoms with Crippen molar-refractivity contribution in [2.45, 2.75) is 18.9 Å². The molecule has 0 saturated carbocycles. The molecule has 0 aromatic heterocycles. The first kappa shape index (κ1) is 13.8. The summed E-state index contributed by atoms with van der Waals surface area (Å²) >= 11 is 0. The molecule has 0 saturated heterocycles. The molecule has 0 radical (unpaired) electrons. The normalized spacial score (nSPS) is 13.5. The topological polar surface area (TPSA) is 47.7 Å². The molecule has 0 heterocycles. The Kier molecular flexibility index (Phi) is 9.29. The zero-order valence-corrected chi connectivity index (χ0v) is 9.66. The largest absolute Gasteiger partial charge is 0.385 e. The fraction of sp³-hybridized carbons (Fsp3) is 1.00. The minimum Gasteiger partial charge on any atom is -0.385 e. The van der Waals surface area contributed by atoms with E-state index in [1.807, 2.05) is 0 Å². The van der Waals surface area contributed by atoms with Gasteiger partial charge in [-0.05, 0) is 19.9 Å². The van der Waals surface area contributed by atoms with Crippen molar-refractivity contribution in [1.82, 2.24) is 4.90 Å². The molecule has 1 unspecified atom stereocenters. The Balaban J connectivity index is 3.35. The van der Waals surface area contributed by atoms with Gasteiger partial charge in [0.25, 0.3) is 0 Å². The average molecular weight is 204 g/mol. The molecule has 4 heteroatoms. The molecule has 4 nitrogen and oxygen atoms in total. The summed E-state index contributed by atoms with van der Waals surface area (Å²) in [5, 5.41) is 0. The van der Waals surface area contributed by atoms with Gasteiger partial charge in [-0.25, -0.2) is 0 Å². The maximum absolute atomic E-state index is 5.95. The van der Waals surface area contributed by atoms with Gasteiger partial charge in [-0.2, -0.15) is 0 Å². The lowest BCUT2D eigenvalue weighted by Gasteiger charge is -2.20. The lowest BCUT2D eigenvalue weighted by Crippen LogP contribution is -2.36. The van der Waals surface area contributed by atoms with Crippen LogP contribution in [0.5, 0.6) is 0 Å². The third-order valence-corrected chi connectivity index (χ3v) is 2.15. The van der Waals surface area contributed by atoms with E-state index in [2.05, 4.69) is 11.9 Å². The standard InChI is InChI=1S/C10H24N2O2/c1-12(6-8-14-3)9-10(11)5-4-7-13-2/h10H,4-9,11H2,1-3H3. The van der Waals surface area contributed by atoms with Crippen LogP contribution in [0.3, 0.4) is 0 Å². The number of hydrogen-bond acceptors (Lipinski definition) is 4. The SMILES string of the molecule is COCCCC(N)CN(C)CCOC. The molecular formula is C10H24N2O2. The van der Waals surface area contributed by atoms with Crippen LogP contribution in [0.4, 0.5) is 0 Å². The highest BCUT2D eigenvalue weighted by Gasteiger charge is 2.05. The highest BCUT2D eigenvalue weighted by Crippen LogP contribution is 1.97. The van der Waals surface area contributed by atoms with E-state index in [1.54, 1.807) is 14.2 Å². The van der Waals surface area contributed by atoms with Crippen molar-refractivity contribution in [3.05, 3.63) is 0 Å². The Hall–Kier alpha value is -0.160. The molecule has 0 aromatic carbocycles. The average Bonchev–Trinajstić information content (AvgIpc) is 2.15. The number of nitrogens with zero attached hydrogens (tertiary/aromatic N) is 1. The minimum absolute atomic E-state index is 0.243. The fourth-order valence-electron chi connectivity index (χ4n) is 1.32. The first-order valence-corrected chi connectivity index (χ1v) is 5.12. The van der Waals surface area contributed by atoms with Crippen molar-refractivity contribution in [3.8, 4) is 0 Å². The summed E-state index contributed by atoms with van der Waals surface area (Å²) in [5.41, 5.74) is 5.95. The Labute approximate surface area is 87.4 Å². The molecule has 0 rings (SSSR count). The van der Waals surface area contributed by atoms with Crippen LogP contribution in [-0.2, 0) is 9.47 Å². The molecule has 0 bridgehead atoms. The number of hydrogen-bond donors (Lipinski definition) is 1. The fourth-order valence-corrected chi connectivity index (χ4v) is 1.32. The van der Waals surface area contributed by atoms with Gasteiger partial charge in [-0.1, -0.05) is 0 Å². The van der Waals surface area contributed by atoms with Gasteiger partial charge in [0.1, 0.15) is 0 Å². The maximum atomic E-state index is 5.95. The second-order valence-corrected chi connectivity index (χ2v) is 3.65. The summed E-state index contributed by atoms with van der Waals surface area (Å²) in [6, 6.07) is 0.243. The zero-order chi connectivity index (χ0) is 10.8. The number of rotatable bonds is 9. The molecule has 0 aromatic rings. The molecule has 0 aliphatic heterocycles. The van der Waals surface area contributed by atoms with Gasteiger partial charge >= 0.3 is 0 Å². The lowest BCUT2D eigenvalue weighted by molar-refractivity contribution is 0.154. The van der Waals surface area contributed by atoms with Gasteiger partial charge in [0, 0.05) is 40.0 Å². The molecule has 0 aliphatic carbocycles. The molecule has 14 heavy (non-hydrogen) atoms. The highest BCUT2D eigenvalue weighted by molar-refractivity contribution is 4.65. The van der Waals surface area contributed by atoms with E-state index >= 15 is 0 Å². The Morgan fingerprint density at radius 2 is 1.86 bits per heavy atom. The molecule has 0 fully saturated rings. The van der Waals surface area contributed by atoms with Crippen molar-refractivity contribution >= 4 is 0 Å². The van der Waals surface area contributed by atoms with Crippen LogP contribution in [-0.4, -0.2) is 58.5 Å². The van der Waals surface area contributed by atoms with E-state index in [-0.39, 0.29) is 6.04 Å². The monoisotopic (exact) mass is 204 g/mol. The number of likely N-dealkylation sites (N-methyl/N-ethyl adjacent to an activating group) is 1. The molecular weight excluding hydrogens is 180 g/mol. The van der Waals surface area contributed by atoms with E-state index in [4.69, 9.17) is 15.2 Å². The van der Waals surface area contributed by atoms with Crippen molar-refractivity contribution in [2.75, 3.05) is 47.6 Å². The Bertz CT molecular complexity index is 123. The van der Waals surface area contributed by atoms with Crippen LogP contribution in [0.1, 0.15) is 12.8 Å². The summed E-state index contributed by atoms with van der Waals surface area (Å²) in [6.07, 6.45) is 2.06. The second kappa shape index (κ2) is 9.40. The first-order chi connectivity index (χ1) is 6.70. The predicted octanol–water partition coefficient (Wildman–Crippen LogP) is 0.319. The van der Waals surface area contributed by atoms with Gasteiger partial charge < -0.3 is 20.1 Å². The van der Waals surface area contributed by atoms with Crippen molar-refractivity contribution in [3.63, 3.8) is 0 Å². The third kappa shape index (κ3) is 8.44. The Morgan fingerprint density at radius 3 is 2.43 bits per heavy atom. The molecule has 86 valence electrons. The zero-order valence-electron chi connectivity index (χ0n) is 9.66. The van der Waals surface area contributed by atoms with Gasteiger partial charge in [0.05, 0.1) is 6.61 Å². The summed E-state index contributed by atoms with van der Waals surface area (Å²) in [6.45, 7) is 3.43. The van der Waals surface area contributed by atoms with Crippen LogP contribution in [0, 0.1) is 0 Å². The highest BCUT2D eigenvalue weighted by atomic mass is 16.5. The van der Waals surface area contributed by atoms with Gasteiger partial charge in [-0.15, -0.1) is 0 Å². The molecule has 0 spiro atoms. The van der Waals surface area contributed by atoms with Crippen LogP contribution in [0.2, 0.25) is 0 Å². The number of methoxy groups -OCH3 is 2. The predicted molar refractivity (Wildman–Crippen MR) is 58.5 cm³/mol. The van der Waals surface area contributed by atoms with Crippen LogP contribution in [0.15, 0.2) is 0 Å². The van der Waals surface area contributed by atoms with Crippen molar-refractivity contribution in [2.24, 2.45) is 5.73 Å². The van der Waals surface area contributed by atoms with E-state index < -0.39 is 0 Å². The summed E-state index contributed by atoms with van der Waals surface area (Å²) < 4.78 is 9.96. The second-order valence-electron chi connectivity index (χ2n) is 3.65. The molecule has 0 amide bonds. The summed E-state index contributed by atoms with van der Waals surface area (Å²) in [7, 11) is 5.50.